The van der Waals surface area contributed by atoms with E-state index < -0.39 is 0 Å². The molecule has 2 heterocycles. The normalized spacial score (nSPS) is 16.4. The predicted molar refractivity (Wildman–Crippen MR) is 108 cm³/mol. The predicted octanol–water partition coefficient (Wildman–Crippen LogP) is 1.48. The third-order valence-electron chi connectivity index (χ3n) is 4.19. The lowest BCUT2D eigenvalue weighted by Crippen LogP contribution is -2.54. The Labute approximate surface area is 160 Å². The first-order valence-corrected chi connectivity index (χ1v) is 10.2. The highest BCUT2D eigenvalue weighted by Gasteiger charge is 2.21. The molecule has 2 rings (SSSR count). The number of aromatic nitrogens is 1. The molecule has 0 unspecified atom stereocenters. The molecule has 1 fully saturated rings. The lowest BCUT2D eigenvalue weighted by Gasteiger charge is -2.36. The summed E-state index contributed by atoms with van der Waals surface area (Å²) in [5.74, 6) is 1.46. The molecule has 8 heteroatoms. The molecule has 0 aliphatic carbocycles. The Morgan fingerprint density at radius 3 is 2.50 bits per heavy atom. The largest absolute Gasteiger partial charge is 0.353 e. The minimum absolute atomic E-state index is 0.0976. The Morgan fingerprint density at radius 2 is 1.96 bits per heavy atom. The summed E-state index contributed by atoms with van der Waals surface area (Å²) in [6, 6.07) is 0.189. The number of aliphatic imine (C=N–C) groups is 1. The van der Waals surface area contributed by atoms with E-state index in [-0.39, 0.29) is 11.9 Å². The molecule has 0 saturated carbocycles. The lowest BCUT2D eigenvalue weighted by atomic mass is 10.2. The van der Waals surface area contributed by atoms with E-state index in [1.807, 2.05) is 20.9 Å². The van der Waals surface area contributed by atoms with Crippen molar-refractivity contribution < 1.29 is 4.79 Å². The molecule has 0 spiro atoms. The van der Waals surface area contributed by atoms with Crippen molar-refractivity contribution in [1.29, 1.82) is 0 Å². The van der Waals surface area contributed by atoms with Crippen LogP contribution in [0.25, 0.3) is 0 Å². The number of guanidine groups is 1. The van der Waals surface area contributed by atoms with Gasteiger partial charge in [-0.05, 0) is 13.8 Å². The number of hydrogen-bond acceptors (Lipinski definition) is 5. The van der Waals surface area contributed by atoms with E-state index in [0.717, 1.165) is 37.8 Å². The summed E-state index contributed by atoms with van der Waals surface area (Å²) in [5, 5.41) is 9.64. The van der Waals surface area contributed by atoms with Crippen LogP contribution >= 0.6 is 11.3 Å². The molecule has 2 N–H and O–H groups in total. The fourth-order valence-corrected chi connectivity index (χ4v) is 3.69. The van der Waals surface area contributed by atoms with E-state index in [1.165, 1.54) is 5.01 Å². The van der Waals surface area contributed by atoms with Gasteiger partial charge in [0.15, 0.2) is 5.96 Å². The monoisotopic (exact) mass is 380 g/mol. The second kappa shape index (κ2) is 9.87. The van der Waals surface area contributed by atoms with Crippen molar-refractivity contribution in [3.8, 4) is 0 Å². The van der Waals surface area contributed by atoms with Crippen molar-refractivity contribution in [2.24, 2.45) is 4.99 Å². The van der Waals surface area contributed by atoms with Gasteiger partial charge in [-0.1, -0.05) is 13.8 Å². The molecule has 1 aromatic rings. The summed E-state index contributed by atoms with van der Waals surface area (Å²) < 4.78 is 0. The van der Waals surface area contributed by atoms with Gasteiger partial charge in [0.25, 0.3) is 0 Å². The molecule has 1 aliphatic rings. The van der Waals surface area contributed by atoms with Crippen molar-refractivity contribution in [2.45, 2.75) is 46.2 Å². The van der Waals surface area contributed by atoms with Crippen molar-refractivity contribution >= 4 is 23.2 Å². The van der Waals surface area contributed by atoms with Gasteiger partial charge in [0.1, 0.15) is 0 Å². The molecule has 0 aromatic carbocycles. The highest BCUT2D eigenvalue weighted by atomic mass is 32.1. The van der Waals surface area contributed by atoms with E-state index in [9.17, 15) is 4.79 Å². The van der Waals surface area contributed by atoms with E-state index in [0.29, 0.717) is 19.0 Å². The van der Waals surface area contributed by atoms with Crippen LogP contribution in [0.1, 0.15) is 44.3 Å². The Hall–Kier alpha value is -1.67. The number of amides is 1. The number of piperazine rings is 1. The molecule has 7 nitrogen and oxygen atoms in total. The minimum atomic E-state index is 0.0976. The van der Waals surface area contributed by atoms with Crippen molar-refractivity contribution in [3.63, 3.8) is 0 Å². The summed E-state index contributed by atoms with van der Waals surface area (Å²) >= 11 is 1.71. The fourth-order valence-electron chi connectivity index (χ4n) is 2.86. The first kappa shape index (κ1) is 20.6. The molecule has 146 valence electrons. The molecule has 0 atom stereocenters. The molecule has 0 bridgehead atoms. The summed E-state index contributed by atoms with van der Waals surface area (Å²) in [7, 11) is 1.81. The zero-order valence-electron chi connectivity index (χ0n) is 16.6. The summed E-state index contributed by atoms with van der Waals surface area (Å²) in [5.41, 5.74) is 1.06. The number of rotatable bonds is 6. The Kier molecular flexibility index (Phi) is 7.84. The summed E-state index contributed by atoms with van der Waals surface area (Å²) in [4.78, 5) is 25.4. The van der Waals surface area contributed by atoms with E-state index >= 15 is 0 Å². The van der Waals surface area contributed by atoms with Gasteiger partial charge in [0, 0.05) is 50.6 Å². The van der Waals surface area contributed by atoms with Crippen LogP contribution in [0.3, 0.4) is 0 Å². The number of thiazole rings is 1. The second-order valence-electron chi connectivity index (χ2n) is 7.22. The van der Waals surface area contributed by atoms with Gasteiger partial charge >= 0.3 is 0 Å². The van der Waals surface area contributed by atoms with E-state index in [2.05, 4.69) is 49.6 Å². The Balaban J connectivity index is 1.78. The van der Waals surface area contributed by atoms with Crippen LogP contribution in [0.2, 0.25) is 0 Å². The number of carbonyl (C=O) groups excluding carboxylic acids is 1. The quantitative estimate of drug-likeness (QED) is 0.578. The third-order valence-corrected chi connectivity index (χ3v) is 5.39. The fraction of sp³-hybridized carbons (Fsp3) is 0.722. The molecule has 26 heavy (non-hydrogen) atoms. The van der Waals surface area contributed by atoms with Crippen molar-refractivity contribution in [2.75, 3.05) is 39.8 Å². The van der Waals surface area contributed by atoms with E-state index in [1.54, 1.807) is 11.3 Å². The van der Waals surface area contributed by atoms with Crippen LogP contribution in [-0.2, 0) is 11.3 Å². The van der Waals surface area contributed by atoms with Crippen LogP contribution in [0, 0.1) is 0 Å². The van der Waals surface area contributed by atoms with Gasteiger partial charge in [0.2, 0.25) is 5.91 Å². The highest BCUT2D eigenvalue weighted by Crippen LogP contribution is 2.19. The van der Waals surface area contributed by atoms with Gasteiger partial charge in [-0.3, -0.25) is 14.7 Å². The van der Waals surface area contributed by atoms with Gasteiger partial charge in [-0.25, -0.2) is 4.98 Å². The standard InChI is InChI=1S/C18H32N6OS/c1-13(2)17-22-15(12-26-17)10-20-18(19-5)24-8-6-23(7-9-24)11-16(25)21-14(3)4/h12-14H,6-11H2,1-5H3,(H,19,20)(H,21,25). The topological polar surface area (TPSA) is 72.9 Å². The van der Waals surface area contributed by atoms with Gasteiger partial charge < -0.3 is 15.5 Å². The zero-order chi connectivity index (χ0) is 19.1. The first-order chi connectivity index (χ1) is 12.4. The maximum Gasteiger partial charge on any atom is 0.234 e. The second-order valence-corrected chi connectivity index (χ2v) is 8.11. The number of nitrogens with zero attached hydrogens (tertiary/aromatic N) is 4. The molecular formula is C18H32N6OS. The van der Waals surface area contributed by atoms with Gasteiger partial charge in [0.05, 0.1) is 23.8 Å². The molecule has 1 amide bonds. The molecule has 1 aromatic heterocycles. The number of hydrogen-bond donors (Lipinski definition) is 2. The van der Waals surface area contributed by atoms with Crippen LogP contribution in [0.15, 0.2) is 10.4 Å². The smallest absolute Gasteiger partial charge is 0.234 e. The van der Waals surface area contributed by atoms with Crippen LogP contribution in [0.4, 0.5) is 0 Å². The van der Waals surface area contributed by atoms with E-state index in [4.69, 9.17) is 0 Å². The average Bonchev–Trinajstić information content (AvgIpc) is 3.05. The van der Waals surface area contributed by atoms with Gasteiger partial charge in [-0.15, -0.1) is 11.3 Å². The lowest BCUT2D eigenvalue weighted by molar-refractivity contribution is -0.123. The third kappa shape index (κ3) is 6.25. The molecule has 1 saturated heterocycles. The molecule has 1 aliphatic heterocycles. The number of carbonyl (C=O) groups is 1. The van der Waals surface area contributed by atoms with Crippen molar-refractivity contribution in [3.05, 3.63) is 16.1 Å². The summed E-state index contributed by atoms with van der Waals surface area (Å²) in [6.45, 7) is 12.9. The molecular weight excluding hydrogens is 348 g/mol. The number of nitrogens with one attached hydrogen (secondary N) is 2. The zero-order valence-corrected chi connectivity index (χ0v) is 17.4. The minimum Gasteiger partial charge on any atom is -0.353 e. The Bertz CT molecular complexity index is 605. The van der Waals surface area contributed by atoms with Crippen LogP contribution in [0.5, 0.6) is 0 Å². The first-order valence-electron chi connectivity index (χ1n) is 9.30. The van der Waals surface area contributed by atoms with Gasteiger partial charge in [-0.2, -0.15) is 0 Å². The molecule has 0 radical (unpaired) electrons. The maximum absolute atomic E-state index is 11.9. The van der Waals surface area contributed by atoms with Crippen LogP contribution < -0.4 is 10.6 Å². The van der Waals surface area contributed by atoms with Crippen LogP contribution in [-0.4, -0.2) is 72.5 Å². The Morgan fingerprint density at radius 1 is 1.27 bits per heavy atom. The summed E-state index contributed by atoms with van der Waals surface area (Å²) in [6.07, 6.45) is 0. The maximum atomic E-state index is 11.9. The van der Waals surface area contributed by atoms with Crippen molar-refractivity contribution in [1.82, 2.24) is 25.4 Å². The SMILES string of the molecule is CN=C(NCc1csc(C(C)C)n1)N1CCN(CC(=O)NC(C)C)CC1. The average molecular weight is 381 g/mol. The highest BCUT2D eigenvalue weighted by molar-refractivity contribution is 7.09.